The Labute approximate surface area is 113 Å². The fourth-order valence-electron chi connectivity index (χ4n) is 2.85. The highest BCUT2D eigenvalue weighted by Gasteiger charge is 2.46. The molecule has 0 aromatic heterocycles. The third-order valence-electron chi connectivity index (χ3n) is 3.91. The van der Waals surface area contributed by atoms with Gasteiger partial charge in [0.15, 0.2) is 6.10 Å². The van der Waals surface area contributed by atoms with E-state index in [4.69, 9.17) is 9.84 Å². The molecule has 1 saturated carbocycles. The van der Waals surface area contributed by atoms with Crippen molar-refractivity contribution in [2.24, 2.45) is 11.8 Å². The van der Waals surface area contributed by atoms with Crippen LogP contribution in [0.1, 0.15) is 32.6 Å². The Bertz CT molecular complexity index is 378. The number of halogens is 1. The minimum atomic E-state index is -1.11. The molecule has 3 nitrogen and oxygen atoms in total. The summed E-state index contributed by atoms with van der Waals surface area (Å²) in [4.78, 5) is 10.6. The third-order valence-corrected chi connectivity index (χ3v) is 3.91. The minimum absolute atomic E-state index is 0.147. The quantitative estimate of drug-likeness (QED) is 0.595. The number of epoxide rings is 1. The van der Waals surface area contributed by atoms with Gasteiger partial charge in [0.25, 0.3) is 0 Å². The molecular weight excluding hydrogens is 247 g/mol. The van der Waals surface area contributed by atoms with Gasteiger partial charge in [-0.15, -0.1) is 0 Å². The standard InChI is InChI=1S/C15H21FO3/c1-2-4-10-5-3-6-11(10)7-8-12(16)9-13-14(19-13)15(17)18/h2,4,7-8,10-14H,3,5-6,9H2,1H3,(H,17,18)/t10-,11+,12+,13?,14?/m0/s1. The van der Waals surface area contributed by atoms with E-state index in [-0.39, 0.29) is 6.42 Å². The summed E-state index contributed by atoms with van der Waals surface area (Å²) in [5.41, 5.74) is 0. The number of carboxylic acid groups (broad SMARTS) is 1. The lowest BCUT2D eigenvalue weighted by molar-refractivity contribution is -0.138. The molecule has 2 fully saturated rings. The second-order valence-electron chi connectivity index (χ2n) is 5.35. The van der Waals surface area contributed by atoms with Crippen molar-refractivity contribution < 1.29 is 19.0 Å². The molecule has 0 radical (unpaired) electrons. The summed E-state index contributed by atoms with van der Waals surface area (Å²) < 4.78 is 18.6. The van der Waals surface area contributed by atoms with Crippen molar-refractivity contribution in [3.8, 4) is 0 Å². The van der Waals surface area contributed by atoms with Gasteiger partial charge in [0, 0.05) is 6.42 Å². The number of aliphatic carboxylic acids is 1. The van der Waals surface area contributed by atoms with E-state index < -0.39 is 24.3 Å². The van der Waals surface area contributed by atoms with Crippen LogP contribution in [0.25, 0.3) is 0 Å². The van der Waals surface area contributed by atoms with Crippen molar-refractivity contribution in [1.29, 1.82) is 0 Å². The topological polar surface area (TPSA) is 49.8 Å². The SMILES string of the molecule is CC=C[C@H]1CCC[C@@H]1C=C[C@@H](F)CC1OC1C(=O)O. The van der Waals surface area contributed by atoms with Gasteiger partial charge in [-0.3, -0.25) is 0 Å². The number of alkyl halides is 1. The molecule has 4 heteroatoms. The predicted octanol–water partition coefficient (Wildman–Crippen LogP) is 3.12. The molecule has 0 amide bonds. The number of carbonyl (C=O) groups is 1. The van der Waals surface area contributed by atoms with E-state index in [1.165, 1.54) is 12.8 Å². The Hall–Kier alpha value is -1.16. The molecule has 106 valence electrons. The third kappa shape index (κ3) is 3.90. The van der Waals surface area contributed by atoms with E-state index in [9.17, 15) is 9.18 Å². The lowest BCUT2D eigenvalue weighted by Gasteiger charge is -2.11. The average Bonchev–Trinajstić information content (AvgIpc) is 2.98. The van der Waals surface area contributed by atoms with Crippen LogP contribution in [0.3, 0.4) is 0 Å². The molecular formula is C15H21FO3. The highest BCUT2D eigenvalue weighted by atomic mass is 19.1. The van der Waals surface area contributed by atoms with Gasteiger partial charge >= 0.3 is 5.97 Å². The molecule has 1 heterocycles. The molecule has 0 aromatic carbocycles. The monoisotopic (exact) mass is 268 g/mol. The Kier molecular flexibility index (Phi) is 4.75. The van der Waals surface area contributed by atoms with Crippen LogP contribution in [0.4, 0.5) is 4.39 Å². The van der Waals surface area contributed by atoms with E-state index >= 15 is 0 Å². The van der Waals surface area contributed by atoms with Gasteiger partial charge in [-0.1, -0.05) is 30.7 Å². The fraction of sp³-hybridized carbons (Fsp3) is 0.667. The predicted molar refractivity (Wildman–Crippen MR) is 70.6 cm³/mol. The maximum Gasteiger partial charge on any atom is 0.335 e. The van der Waals surface area contributed by atoms with Crippen LogP contribution in [-0.4, -0.2) is 29.5 Å². The number of ether oxygens (including phenoxy) is 1. The van der Waals surface area contributed by atoms with Crippen molar-refractivity contribution in [2.45, 2.75) is 51.0 Å². The first-order chi connectivity index (χ1) is 9.11. The number of hydrogen-bond donors (Lipinski definition) is 1. The summed E-state index contributed by atoms with van der Waals surface area (Å²) in [6.45, 7) is 2.01. The fourth-order valence-corrected chi connectivity index (χ4v) is 2.85. The van der Waals surface area contributed by atoms with Gasteiger partial charge < -0.3 is 9.84 Å². The number of allylic oxidation sites excluding steroid dienone is 4. The normalized spacial score (nSPS) is 36.1. The molecule has 2 aliphatic rings. The minimum Gasteiger partial charge on any atom is -0.479 e. The summed E-state index contributed by atoms with van der Waals surface area (Å²) in [7, 11) is 0. The van der Waals surface area contributed by atoms with Crippen molar-refractivity contribution in [1.82, 2.24) is 0 Å². The Morgan fingerprint density at radius 3 is 2.68 bits per heavy atom. The molecule has 1 saturated heterocycles. The van der Waals surface area contributed by atoms with E-state index in [0.717, 1.165) is 6.42 Å². The number of hydrogen-bond acceptors (Lipinski definition) is 2. The van der Waals surface area contributed by atoms with Crippen LogP contribution in [-0.2, 0) is 9.53 Å². The second-order valence-corrected chi connectivity index (χ2v) is 5.35. The first-order valence-electron chi connectivity index (χ1n) is 6.95. The summed E-state index contributed by atoms with van der Waals surface area (Å²) in [6, 6.07) is 0. The van der Waals surface area contributed by atoms with E-state index in [1.54, 1.807) is 6.08 Å². The van der Waals surface area contributed by atoms with Crippen LogP contribution in [0.15, 0.2) is 24.3 Å². The first kappa shape index (κ1) is 14.3. The average molecular weight is 268 g/mol. The summed E-state index contributed by atoms with van der Waals surface area (Å²) >= 11 is 0. The molecule has 0 aromatic rings. The summed E-state index contributed by atoms with van der Waals surface area (Å²) in [5.74, 6) is -0.0487. The van der Waals surface area contributed by atoms with Gasteiger partial charge in [-0.25, -0.2) is 9.18 Å². The van der Waals surface area contributed by atoms with Crippen molar-refractivity contribution in [3.63, 3.8) is 0 Å². The molecule has 1 N–H and O–H groups in total. The molecule has 5 atom stereocenters. The van der Waals surface area contributed by atoms with E-state index in [0.29, 0.717) is 11.8 Å². The van der Waals surface area contributed by atoms with Crippen molar-refractivity contribution >= 4 is 5.97 Å². The second kappa shape index (κ2) is 6.33. The largest absolute Gasteiger partial charge is 0.479 e. The van der Waals surface area contributed by atoms with Crippen LogP contribution < -0.4 is 0 Å². The zero-order chi connectivity index (χ0) is 13.8. The molecule has 1 aliphatic carbocycles. The molecule has 19 heavy (non-hydrogen) atoms. The van der Waals surface area contributed by atoms with Gasteiger partial charge in [0.05, 0.1) is 6.10 Å². The van der Waals surface area contributed by atoms with Crippen LogP contribution >= 0.6 is 0 Å². The van der Waals surface area contributed by atoms with E-state index in [2.05, 4.69) is 12.2 Å². The van der Waals surface area contributed by atoms with Gasteiger partial charge in [0.1, 0.15) is 6.17 Å². The van der Waals surface area contributed by atoms with E-state index in [1.807, 2.05) is 13.0 Å². The van der Waals surface area contributed by atoms with Gasteiger partial charge in [0.2, 0.25) is 0 Å². The lowest BCUT2D eigenvalue weighted by Crippen LogP contribution is -2.11. The highest BCUT2D eigenvalue weighted by molar-refractivity contribution is 5.75. The zero-order valence-electron chi connectivity index (χ0n) is 11.2. The van der Waals surface area contributed by atoms with Crippen LogP contribution in [0, 0.1) is 11.8 Å². The van der Waals surface area contributed by atoms with Crippen molar-refractivity contribution in [3.05, 3.63) is 24.3 Å². The maximum absolute atomic E-state index is 13.7. The zero-order valence-corrected chi connectivity index (χ0v) is 11.2. The highest BCUT2D eigenvalue weighted by Crippen LogP contribution is 2.34. The van der Waals surface area contributed by atoms with Crippen LogP contribution in [0.2, 0.25) is 0 Å². The van der Waals surface area contributed by atoms with Crippen LogP contribution in [0.5, 0.6) is 0 Å². The molecule has 0 bridgehead atoms. The number of carboxylic acids is 1. The Balaban J connectivity index is 1.77. The Morgan fingerprint density at radius 1 is 1.42 bits per heavy atom. The Morgan fingerprint density at radius 2 is 2.11 bits per heavy atom. The van der Waals surface area contributed by atoms with Gasteiger partial charge in [-0.05, 0) is 31.6 Å². The summed E-state index contributed by atoms with van der Waals surface area (Å²) in [6.07, 6.45) is 9.04. The molecule has 2 unspecified atom stereocenters. The van der Waals surface area contributed by atoms with Gasteiger partial charge in [-0.2, -0.15) is 0 Å². The summed E-state index contributed by atoms with van der Waals surface area (Å²) in [5, 5.41) is 8.66. The lowest BCUT2D eigenvalue weighted by atomic mass is 9.94. The number of rotatable bonds is 6. The molecule has 2 rings (SSSR count). The molecule has 0 spiro atoms. The molecule has 1 aliphatic heterocycles. The smallest absolute Gasteiger partial charge is 0.335 e. The van der Waals surface area contributed by atoms with Crippen molar-refractivity contribution in [2.75, 3.05) is 0 Å². The first-order valence-corrected chi connectivity index (χ1v) is 6.95. The maximum atomic E-state index is 13.7.